The molecule has 3 nitrogen and oxygen atoms in total. The summed E-state index contributed by atoms with van der Waals surface area (Å²) in [7, 11) is -2.99. The average Bonchev–Trinajstić information content (AvgIpc) is 1.31. The van der Waals surface area contributed by atoms with Crippen LogP contribution in [0.3, 0.4) is 0 Å². The zero-order valence-electron chi connectivity index (χ0n) is 5.26. The maximum atomic E-state index is 9.84. The van der Waals surface area contributed by atoms with E-state index in [-0.39, 0.29) is 29.6 Å². The predicted molar refractivity (Wildman–Crippen MR) is 25.3 cm³/mol. The smallest absolute Gasteiger partial charge is 0.800 e. The SMILES string of the molecule is CC(C)(O)[PH](=O)[O-].[Na+]. The molecule has 1 N–H and O–H groups in total. The molecule has 0 amide bonds. The molecule has 0 aromatic carbocycles. The van der Waals surface area contributed by atoms with E-state index >= 15 is 0 Å². The summed E-state index contributed by atoms with van der Waals surface area (Å²) in [6.07, 6.45) is 0. The first kappa shape index (κ1) is 11.9. The van der Waals surface area contributed by atoms with Crippen LogP contribution in [0.5, 0.6) is 0 Å². The molecule has 8 heavy (non-hydrogen) atoms. The van der Waals surface area contributed by atoms with Crippen LogP contribution in [-0.4, -0.2) is 10.4 Å². The summed E-state index contributed by atoms with van der Waals surface area (Å²) in [6, 6.07) is 0. The number of hydrogen-bond acceptors (Lipinski definition) is 3. The monoisotopic (exact) mass is 146 g/mol. The van der Waals surface area contributed by atoms with Gasteiger partial charge in [0, 0.05) is 8.03 Å². The van der Waals surface area contributed by atoms with Gasteiger partial charge in [-0.05, 0) is 13.8 Å². The van der Waals surface area contributed by atoms with Gasteiger partial charge in [-0.25, -0.2) is 0 Å². The van der Waals surface area contributed by atoms with Crippen molar-refractivity contribution in [1.29, 1.82) is 0 Å². The summed E-state index contributed by atoms with van der Waals surface area (Å²) >= 11 is 0. The van der Waals surface area contributed by atoms with Crippen LogP contribution < -0.4 is 34.5 Å². The second kappa shape index (κ2) is 4.04. The summed E-state index contributed by atoms with van der Waals surface area (Å²) in [5.74, 6) is 0. The molecular weight excluding hydrogens is 138 g/mol. The van der Waals surface area contributed by atoms with Gasteiger partial charge in [0.1, 0.15) is 0 Å². The van der Waals surface area contributed by atoms with E-state index in [4.69, 9.17) is 5.11 Å². The van der Waals surface area contributed by atoms with Crippen molar-refractivity contribution >= 4 is 8.03 Å². The average molecular weight is 146 g/mol. The van der Waals surface area contributed by atoms with Gasteiger partial charge in [0.25, 0.3) is 0 Å². The second-order valence-corrected chi connectivity index (χ2v) is 3.64. The zero-order chi connectivity index (χ0) is 6.08. The van der Waals surface area contributed by atoms with E-state index in [9.17, 15) is 9.46 Å². The summed E-state index contributed by atoms with van der Waals surface area (Å²) < 4.78 is 9.84. The Labute approximate surface area is 71.3 Å². The molecule has 0 fully saturated rings. The fourth-order valence-electron chi connectivity index (χ4n) is 0. The molecule has 0 aliphatic carbocycles. The predicted octanol–water partition coefficient (Wildman–Crippen LogP) is -3.45. The van der Waals surface area contributed by atoms with E-state index in [2.05, 4.69) is 0 Å². The molecule has 0 spiro atoms. The topological polar surface area (TPSA) is 60.4 Å². The Balaban J connectivity index is 0. The van der Waals surface area contributed by atoms with Crippen molar-refractivity contribution in [3.63, 3.8) is 0 Å². The molecule has 44 valence electrons. The third-order valence-corrected chi connectivity index (χ3v) is 1.50. The van der Waals surface area contributed by atoms with Gasteiger partial charge >= 0.3 is 29.6 Å². The third kappa shape index (κ3) is 5.29. The van der Waals surface area contributed by atoms with Crippen molar-refractivity contribution in [3.8, 4) is 0 Å². The minimum absolute atomic E-state index is 0. The molecule has 0 rings (SSSR count). The molecule has 0 saturated carbocycles. The molecule has 0 bridgehead atoms. The fourth-order valence-corrected chi connectivity index (χ4v) is 0. The maximum Gasteiger partial charge on any atom is 1.00 e. The molecule has 0 radical (unpaired) electrons. The molecule has 1 unspecified atom stereocenters. The molecule has 0 aromatic rings. The van der Waals surface area contributed by atoms with Crippen LogP contribution in [0.2, 0.25) is 0 Å². The quantitative estimate of drug-likeness (QED) is 0.309. The largest absolute Gasteiger partial charge is 1.00 e. The minimum atomic E-state index is -2.99. The number of rotatable bonds is 1. The van der Waals surface area contributed by atoms with E-state index in [0.717, 1.165) is 0 Å². The van der Waals surface area contributed by atoms with Gasteiger partial charge in [-0.3, -0.25) is 0 Å². The van der Waals surface area contributed by atoms with Gasteiger partial charge in [-0.2, -0.15) is 0 Å². The Morgan fingerprint density at radius 1 is 1.62 bits per heavy atom. The van der Waals surface area contributed by atoms with Crippen LogP contribution in [0, 0.1) is 0 Å². The van der Waals surface area contributed by atoms with Crippen LogP contribution in [0.15, 0.2) is 0 Å². The van der Waals surface area contributed by atoms with Crippen molar-refractivity contribution in [2.75, 3.05) is 0 Å². The van der Waals surface area contributed by atoms with Crippen LogP contribution in [-0.2, 0) is 4.57 Å². The van der Waals surface area contributed by atoms with Gasteiger partial charge in [0.05, 0.1) is 5.34 Å². The van der Waals surface area contributed by atoms with Crippen molar-refractivity contribution in [2.45, 2.75) is 19.2 Å². The van der Waals surface area contributed by atoms with Gasteiger partial charge in [0.15, 0.2) is 0 Å². The fraction of sp³-hybridized carbons (Fsp3) is 1.00. The Kier molecular flexibility index (Phi) is 6.01. The molecule has 1 atom stereocenters. The normalized spacial score (nSPS) is 14.5. The van der Waals surface area contributed by atoms with Crippen LogP contribution >= 0.6 is 8.03 Å². The Bertz CT molecular complexity index is 87.0. The molecule has 0 heterocycles. The number of aliphatic hydroxyl groups is 1. The van der Waals surface area contributed by atoms with Gasteiger partial charge in [-0.15, -0.1) is 0 Å². The summed E-state index contributed by atoms with van der Waals surface area (Å²) in [5.41, 5.74) is 0. The number of hydrogen-bond donors (Lipinski definition) is 1. The van der Waals surface area contributed by atoms with E-state index in [1.54, 1.807) is 0 Å². The maximum absolute atomic E-state index is 9.84. The van der Waals surface area contributed by atoms with Crippen LogP contribution in [0.25, 0.3) is 0 Å². The van der Waals surface area contributed by atoms with E-state index < -0.39 is 13.4 Å². The Hall–Kier alpha value is 1.15. The van der Waals surface area contributed by atoms with Crippen molar-refractivity contribution in [3.05, 3.63) is 0 Å². The molecule has 5 heteroatoms. The van der Waals surface area contributed by atoms with Gasteiger partial charge < -0.3 is 14.6 Å². The first-order valence-electron chi connectivity index (χ1n) is 1.88. The van der Waals surface area contributed by atoms with E-state index in [1.165, 1.54) is 13.8 Å². The third-order valence-electron chi connectivity index (χ3n) is 0.500. The minimum Gasteiger partial charge on any atom is -0.800 e. The van der Waals surface area contributed by atoms with Crippen LogP contribution in [0.1, 0.15) is 13.8 Å². The first-order valence-corrected chi connectivity index (χ1v) is 3.20. The standard InChI is InChI=1S/C3H9O3P.Na/c1-3(2,4)7(5)6;/h4,7H,1-2H3,(H,5,6);/q;+1/p-1. The Morgan fingerprint density at radius 2 is 1.75 bits per heavy atom. The van der Waals surface area contributed by atoms with Crippen molar-refractivity contribution < 1.29 is 44.1 Å². The molecular formula is C3H8NaO3P. The molecule has 0 aliphatic rings. The molecule has 0 aromatic heterocycles. The summed E-state index contributed by atoms with van der Waals surface area (Å²) in [5, 5.41) is 7.01. The first-order chi connectivity index (χ1) is 2.94. The zero-order valence-corrected chi connectivity index (χ0v) is 8.26. The van der Waals surface area contributed by atoms with Crippen molar-refractivity contribution in [2.24, 2.45) is 0 Å². The summed E-state index contributed by atoms with van der Waals surface area (Å²) in [6.45, 7) is 2.47. The Morgan fingerprint density at radius 3 is 1.75 bits per heavy atom. The second-order valence-electron chi connectivity index (χ2n) is 1.85. The van der Waals surface area contributed by atoms with E-state index in [1.807, 2.05) is 0 Å². The van der Waals surface area contributed by atoms with Crippen LogP contribution in [0.4, 0.5) is 0 Å². The van der Waals surface area contributed by atoms with E-state index in [0.29, 0.717) is 0 Å². The molecule has 0 saturated heterocycles. The molecule has 0 aliphatic heterocycles. The summed E-state index contributed by atoms with van der Waals surface area (Å²) in [4.78, 5) is 9.84. The van der Waals surface area contributed by atoms with Gasteiger partial charge in [-0.1, -0.05) is 0 Å². The van der Waals surface area contributed by atoms with Gasteiger partial charge in [0.2, 0.25) is 0 Å². The van der Waals surface area contributed by atoms with Crippen molar-refractivity contribution in [1.82, 2.24) is 0 Å².